The molecule has 0 heterocycles. The minimum Gasteiger partial charge on any atom is -0.373 e. The Labute approximate surface area is 149 Å². The van der Waals surface area contributed by atoms with Crippen LogP contribution in [0.4, 0.5) is 0 Å². The second-order valence-electron chi connectivity index (χ2n) is 10.5. The maximum absolute atomic E-state index is 13.0. The van der Waals surface area contributed by atoms with E-state index in [4.69, 9.17) is 14.2 Å². The Bertz CT molecular complexity index is 399. The van der Waals surface area contributed by atoms with E-state index in [0.717, 1.165) is 0 Å². The highest BCUT2D eigenvalue weighted by atomic mass is 16.6. The Morgan fingerprint density at radius 3 is 1.42 bits per heavy atom. The monoisotopic (exact) mass is 344 g/mol. The Balaban J connectivity index is 5.64. The number of hydrogen-bond acceptors (Lipinski definition) is 4. The molecule has 144 valence electrons. The van der Waals surface area contributed by atoms with E-state index >= 15 is 0 Å². The predicted molar refractivity (Wildman–Crippen MR) is 99.4 cm³/mol. The molecule has 2 atom stereocenters. The Kier molecular flexibility index (Phi) is 7.69. The van der Waals surface area contributed by atoms with Crippen LogP contribution in [0.2, 0.25) is 0 Å². The first-order valence-electron chi connectivity index (χ1n) is 8.86. The summed E-state index contributed by atoms with van der Waals surface area (Å²) in [4.78, 5) is 13.0. The van der Waals surface area contributed by atoms with Gasteiger partial charge in [-0.3, -0.25) is 4.79 Å². The van der Waals surface area contributed by atoms with Crippen molar-refractivity contribution in [1.29, 1.82) is 0 Å². The van der Waals surface area contributed by atoms with Crippen LogP contribution in [-0.2, 0) is 19.0 Å². The van der Waals surface area contributed by atoms with Crippen LogP contribution in [0.15, 0.2) is 0 Å². The van der Waals surface area contributed by atoms with E-state index in [-0.39, 0.29) is 11.4 Å². The van der Waals surface area contributed by atoms with E-state index in [1.165, 1.54) is 0 Å². The van der Waals surface area contributed by atoms with Crippen molar-refractivity contribution in [1.82, 2.24) is 0 Å². The van der Waals surface area contributed by atoms with Crippen molar-refractivity contribution in [2.45, 2.75) is 112 Å². The molecular weight excluding hydrogens is 304 g/mol. The molecule has 0 aromatic heterocycles. The standard InChI is InChI=1S/C20H40O4/c1-17(2,3)16(21)15(24-20(10,11)12)14(23-19(7,8)9)13-22-18(4,5)6/h14-15H,13H2,1-12H3/t14-,15-/m1/s1. The molecule has 0 aliphatic rings. The SMILES string of the molecule is CC(C)(C)OC[C@@H](OC(C)(C)C)[C@@H](OC(C)(C)C)C(=O)C(C)(C)C. The zero-order chi connectivity index (χ0) is 19.6. The highest BCUT2D eigenvalue weighted by Gasteiger charge is 2.41. The number of carbonyl (C=O) groups is 1. The van der Waals surface area contributed by atoms with Gasteiger partial charge in [0.15, 0.2) is 5.78 Å². The van der Waals surface area contributed by atoms with Gasteiger partial charge in [0.05, 0.1) is 23.4 Å². The van der Waals surface area contributed by atoms with Crippen molar-refractivity contribution in [3.63, 3.8) is 0 Å². The molecule has 0 aromatic carbocycles. The molecule has 0 bridgehead atoms. The Morgan fingerprint density at radius 1 is 0.708 bits per heavy atom. The lowest BCUT2D eigenvalue weighted by molar-refractivity contribution is -0.197. The normalized spacial score (nSPS) is 16.8. The Morgan fingerprint density at radius 2 is 1.12 bits per heavy atom. The molecule has 0 aliphatic heterocycles. The molecule has 4 heteroatoms. The van der Waals surface area contributed by atoms with Crippen LogP contribution < -0.4 is 0 Å². The zero-order valence-electron chi connectivity index (χ0n) is 18.0. The number of ketones is 1. The first-order chi connectivity index (χ1) is 10.3. The molecule has 0 saturated heterocycles. The van der Waals surface area contributed by atoms with Crippen molar-refractivity contribution >= 4 is 5.78 Å². The van der Waals surface area contributed by atoms with Crippen molar-refractivity contribution in [3.05, 3.63) is 0 Å². The maximum atomic E-state index is 13.0. The summed E-state index contributed by atoms with van der Waals surface area (Å²) in [5.41, 5.74) is -1.68. The summed E-state index contributed by atoms with van der Waals surface area (Å²) < 4.78 is 18.3. The van der Waals surface area contributed by atoms with Crippen LogP contribution in [0, 0.1) is 5.41 Å². The third-order valence-corrected chi connectivity index (χ3v) is 3.00. The highest BCUT2D eigenvalue weighted by molar-refractivity contribution is 5.88. The van der Waals surface area contributed by atoms with Gasteiger partial charge in [-0.1, -0.05) is 20.8 Å². The van der Waals surface area contributed by atoms with Gasteiger partial charge in [-0.15, -0.1) is 0 Å². The largest absolute Gasteiger partial charge is 0.373 e. The molecule has 4 nitrogen and oxygen atoms in total. The topological polar surface area (TPSA) is 44.8 Å². The van der Waals surface area contributed by atoms with Crippen molar-refractivity contribution in [2.75, 3.05) is 6.61 Å². The molecule has 0 fully saturated rings. The number of hydrogen-bond donors (Lipinski definition) is 0. The van der Waals surface area contributed by atoms with Gasteiger partial charge in [-0.2, -0.15) is 0 Å². The average molecular weight is 345 g/mol. The number of rotatable bonds is 6. The molecular formula is C20H40O4. The van der Waals surface area contributed by atoms with Gasteiger partial charge < -0.3 is 14.2 Å². The molecule has 0 aliphatic carbocycles. The van der Waals surface area contributed by atoms with E-state index in [1.807, 2.05) is 83.1 Å². The summed E-state index contributed by atoms with van der Waals surface area (Å²) in [5.74, 6) is 0.0317. The predicted octanol–water partition coefficient (Wildman–Crippen LogP) is 4.78. The average Bonchev–Trinajstić information content (AvgIpc) is 2.25. The molecule has 24 heavy (non-hydrogen) atoms. The minimum absolute atomic E-state index is 0.0317. The number of ether oxygens (including phenoxy) is 3. The van der Waals surface area contributed by atoms with E-state index < -0.39 is 28.8 Å². The molecule has 0 unspecified atom stereocenters. The van der Waals surface area contributed by atoms with E-state index in [0.29, 0.717) is 6.61 Å². The highest BCUT2D eigenvalue weighted by Crippen LogP contribution is 2.28. The summed E-state index contributed by atoms with van der Waals surface area (Å²) in [5, 5.41) is 0. The third kappa shape index (κ3) is 10.4. The summed E-state index contributed by atoms with van der Waals surface area (Å²) in [7, 11) is 0. The molecule has 0 rings (SSSR count). The van der Waals surface area contributed by atoms with Crippen molar-refractivity contribution in [3.8, 4) is 0 Å². The molecule has 0 spiro atoms. The fraction of sp³-hybridized carbons (Fsp3) is 0.950. The van der Waals surface area contributed by atoms with Crippen LogP contribution in [0.5, 0.6) is 0 Å². The first-order valence-corrected chi connectivity index (χ1v) is 8.86. The van der Waals surface area contributed by atoms with Gasteiger partial charge in [-0.25, -0.2) is 0 Å². The smallest absolute Gasteiger partial charge is 0.169 e. The summed E-state index contributed by atoms with van der Waals surface area (Å²) in [6.07, 6.45) is -1.14. The fourth-order valence-corrected chi connectivity index (χ4v) is 2.08. The number of Topliss-reactive ketones (excluding diaryl/α,β-unsaturated/α-hetero) is 1. The molecule has 0 radical (unpaired) electrons. The Hall–Kier alpha value is -0.450. The van der Waals surface area contributed by atoms with Gasteiger partial charge in [0.1, 0.15) is 12.2 Å². The molecule has 0 amide bonds. The molecule has 0 saturated carbocycles. The van der Waals surface area contributed by atoms with E-state index in [1.54, 1.807) is 0 Å². The van der Waals surface area contributed by atoms with Crippen LogP contribution in [0.1, 0.15) is 83.1 Å². The second-order valence-corrected chi connectivity index (χ2v) is 10.5. The maximum Gasteiger partial charge on any atom is 0.169 e. The number of carbonyl (C=O) groups excluding carboxylic acids is 1. The quantitative estimate of drug-likeness (QED) is 0.695. The lowest BCUT2D eigenvalue weighted by atomic mass is 9.85. The van der Waals surface area contributed by atoms with E-state index in [9.17, 15) is 4.79 Å². The summed E-state index contributed by atoms with van der Waals surface area (Å²) in [6, 6.07) is 0. The first kappa shape index (κ1) is 23.5. The van der Waals surface area contributed by atoms with Crippen LogP contribution in [0.3, 0.4) is 0 Å². The van der Waals surface area contributed by atoms with Gasteiger partial charge in [0, 0.05) is 5.41 Å². The molecule has 0 N–H and O–H groups in total. The van der Waals surface area contributed by atoms with Crippen LogP contribution >= 0.6 is 0 Å². The summed E-state index contributed by atoms with van der Waals surface area (Å²) >= 11 is 0. The van der Waals surface area contributed by atoms with Gasteiger partial charge in [-0.05, 0) is 62.3 Å². The lowest BCUT2D eigenvalue weighted by Crippen LogP contribution is -2.51. The second kappa shape index (κ2) is 7.84. The fourth-order valence-electron chi connectivity index (χ4n) is 2.08. The third-order valence-electron chi connectivity index (χ3n) is 3.00. The van der Waals surface area contributed by atoms with Gasteiger partial charge in [0.25, 0.3) is 0 Å². The van der Waals surface area contributed by atoms with Crippen LogP contribution in [0.25, 0.3) is 0 Å². The zero-order valence-corrected chi connectivity index (χ0v) is 18.0. The van der Waals surface area contributed by atoms with Gasteiger partial charge in [0.2, 0.25) is 0 Å². The summed E-state index contributed by atoms with van der Waals surface area (Å²) in [6.45, 7) is 23.8. The minimum atomic E-state index is -0.674. The van der Waals surface area contributed by atoms with Crippen molar-refractivity contribution in [2.24, 2.45) is 5.41 Å². The van der Waals surface area contributed by atoms with Crippen LogP contribution in [-0.4, -0.2) is 41.4 Å². The lowest BCUT2D eigenvalue weighted by Gasteiger charge is -2.39. The van der Waals surface area contributed by atoms with E-state index in [2.05, 4.69) is 0 Å². The van der Waals surface area contributed by atoms with Gasteiger partial charge >= 0.3 is 0 Å². The van der Waals surface area contributed by atoms with Crippen molar-refractivity contribution < 1.29 is 19.0 Å². The molecule has 0 aromatic rings.